The van der Waals surface area contributed by atoms with E-state index in [2.05, 4.69) is 12.2 Å². The molecule has 0 aromatic heterocycles. The first kappa shape index (κ1) is 23.3. The molecule has 0 aliphatic carbocycles. The van der Waals surface area contributed by atoms with Gasteiger partial charge in [0.2, 0.25) is 0 Å². The lowest BCUT2D eigenvalue weighted by atomic mass is 10.1. The molecule has 0 radical (unpaired) electrons. The van der Waals surface area contributed by atoms with Crippen LogP contribution in [0.4, 0.5) is 5.69 Å². The Morgan fingerprint density at radius 2 is 1.90 bits per heavy atom. The monoisotopic (exact) mass is 426 g/mol. The second kappa shape index (κ2) is 12.6. The van der Waals surface area contributed by atoms with E-state index in [0.29, 0.717) is 41.0 Å². The maximum absolute atomic E-state index is 12.4. The predicted octanol–water partition coefficient (Wildman–Crippen LogP) is 6.24. The van der Waals surface area contributed by atoms with Crippen molar-refractivity contribution in [2.24, 2.45) is 0 Å². The largest absolute Gasteiger partial charge is 0.490 e. The van der Waals surface area contributed by atoms with Crippen LogP contribution in [0.15, 0.2) is 48.0 Å². The van der Waals surface area contributed by atoms with Crippen LogP contribution in [0.1, 0.15) is 45.1 Å². The lowest BCUT2D eigenvalue weighted by molar-refractivity contribution is -0.112. The van der Waals surface area contributed by atoms with Crippen LogP contribution in [-0.2, 0) is 4.79 Å². The molecule has 0 aliphatic heterocycles. The van der Waals surface area contributed by atoms with Gasteiger partial charge in [-0.25, -0.2) is 0 Å². The number of nitrogens with one attached hydrogen (secondary N) is 1. The summed E-state index contributed by atoms with van der Waals surface area (Å²) >= 11 is 6.43. The minimum Gasteiger partial charge on any atom is -0.490 e. The van der Waals surface area contributed by atoms with Crippen LogP contribution in [-0.4, -0.2) is 19.1 Å². The van der Waals surface area contributed by atoms with E-state index < -0.39 is 5.91 Å². The molecule has 30 heavy (non-hydrogen) atoms. The van der Waals surface area contributed by atoms with Crippen LogP contribution in [0.2, 0.25) is 5.02 Å². The first-order chi connectivity index (χ1) is 14.6. The number of nitrogens with zero attached hydrogens (tertiary/aromatic N) is 1. The van der Waals surface area contributed by atoms with Crippen molar-refractivity contribution in [2.45, 2.75) is 39.5 Å². The first-order valence-corrected chi connectivity index (χ1v) is 10.5. The highest BCUT2D eigenvalue weighted by Crippen LogP contribution is 2.37. The minimum atomic E-state index is -0.492. The molecule has 2 rings (SSSR count). The standard InChI is InChI=1S/C24H27ClN2O3/c1-3-5-6-10-13-30-23-21(25)15-18(16-22(23)29-4-2)14-19(17-26)24(28)27-20-11-8-7-9-12-20/h7-9,11-12,14-16H,3-6,10,13H2,1-2H3,(H,27,28). The number of amides is 1. The average molecular weight is 427 g/mol. The summed E-state index contributed by atoms with van der Waals surface area (Å²) in [5.41, 5.74) is 1.16. The summed E-state index contributed by atoms with van der Waals surface area (Å²) in [5, 5.41) is 12.5. The van der Waals surface area contributed by atoms with Crippen LogP contribution in [0, 0.1) is 11.3 Å². The smallest absolute Gasteiger partial charge is 0.266 e. The van der Waals surface area contributed by atoms with Crippen molar-refractivity contribution >= 4 is 29.3 Å². The number of benzene rings is 2. The van der Waals surface area contributed by atoms with Crippen LogP contribution in [0.5, 0.6) is 11.5 Å². The number of hydrogen-bond donors (Lipinski definition) is 1. The van der Waals surface area contributed by atoms with Crippen LogP contribution in [0.25, 0.3) is 6.08 Å². The van der Waals surface area contributed by atoms with Gasteiger partial charge in [-0.15, -0.1) is 0 Å². The van der Waals surface area contributed by atoms with Crippen molar-refractivity contribution in [3.05, 3.63) is 58.6 Å². The molecule has 0 spiro atoms. The highest BCUT2D eigenvalue weighted by molar-refractivity contribution is 6.32. The molecule has 2 aromatic carbocycles. The zero-order valence-corrected chi connectivity index (χ0v) is 18.2. The quantitative estimate of drug-likeness (QED) is 0.262. The van der Waals surface area contributed by atoms with Gasteiger partial charge in [0.15, 0.2) is 11.5 Å². The molecule has 1 N–H and O–H groups in total. The van der Waals surface area contributed by atoms with Gasteiger partial charge in [-0.2, -0.15) is 5.26 Å². The van der Waals surface area contributed by atoms with E-state index in [1.54, 1.807) is 36.4 Å². The van der Waals surface area contributed by atoms with Gasteiger partial charge in [0.1, 0.15) is 11.6 Å². The van der Waals surface area contributed by atoms with Crippen molar-refractivity contribution < 1.29 is 14.3 Å². The van der Waals surface area contributed by atoms with Gasteiger partial charge in [-0.1, -0.05) is 56.0 Å². The van der Waals surface area contributed by atoms with Gasteiger partial charge in [-0.05, 0) is 49.2 Å². The van der Waals surface area contributed by atoms with E-state index in [-0.39, 0.29) is 5.57 Å². The lowest BCUT2D eigenvalue weighted by Crippen LogP contribution is -2.13. The third kappa shape index (κ3) is 7.13. The maximum Gasteiger partial charge on any atom is 0.266 e. The number of anilines is 1. The van der Waals surface area contributed by atoms with Crippen molar-refractivity contribution in [1.29, 1.82) is 5.26 Å². The van der Waals surface area contributed by atoms with Gasteiger partial charge in [0, 0.05) is 5.69 Å². The van der Waals surface area contributed by atoms with E-state index >= 15 is 0 Å². The Morgan fingerprint density at radius 3 is 2.57 bits per heavy atom. The van der Waals surface area contributed by atoms with Crippen molar-refractivity contribution in [2.75, 3.05) is 18.5 Å². The second-order valence-corrected chi connectivity index (χ2v) is 7.07. The number of carbonyl (C=O) groups is 1. The number of hydrogen-bond acceptors (Lipinski definition) is 4. The predicted molar refractivity (Wildman–Crippen MR) is 121 cm³/mol. The molecule has 0 saturated carbocycles. The first-order valence-electron chi connectivity index (χ1n) is 10.2. The number of rotatable bonds is 11. The highest BCUT2D eigenvalue weighted by Gasteiger charge is 2.14. The Labute approximate surface area is 183 Å². The summed E-state index contributed by atoms with van der Waals surface area (Å²) in [6.07, 6.45) is 5.85. The second-order valence-electron chi connectivity index (χ2n) is 6.66. The number of unbranched alkanes of at least 4 members (excludes halogenated alkanes) is 3. The molecule has 2 aromatic rings. The molecule has 0 saturated heterocycles. The molecule has 1 amide bonds. The van der Waals surface area contributed by atoms with Crippen LogP contribution in [0.3, 0.4) is 0 Å². The summed E-state index contributed by atoms with van der Waals surface area (Å²) in [4.78, 5) is 12.4. The highest BCUT2D eigenvalue weighted by atomic mass is 35.5. The third-order valence-electron chi connectivity index (χ3n) is 4.28. The summed E-state index contributed by atoms with van der Waals surface area (Å²) in [7, 11) is 0. The van der Waals surface area contributed by atoms with Gasteiger partial charge >= 0.3 is 0 Å². The molecule has 158 valence electrons. The molecule has 6 heteroatoms. The maximum atomic E-state index is 12.4. The minimum absolute atomic E-state index is 0.0365. The number of nitriles is 1. The summed E-state index contributed by atoms with van der Waals surface area (Å²) in [6.45, 7) is 5.02. The molecule has 0 fully saturated rings. The van der Waals surface area contributed by atoms with Gasteiger partial charge < -0.3 is 14.8 Å². The van der Waals surface area contributed by atoms with E-state index in [0.717, 1.165) is 19.3 Å². The number of halogens is 1. The Morgan fingerprint density at radius 1 is 1.13 bits per heavy atom. The van der Waals surface area contributed by atoms with Crippen molar-refractivity contribution in [3.63, 3.8) is 0 Å². The van der Waals surface area contributed by atoms with E-state index in [4.69, 9.17) is 21.1 Å². The average Bonchev–Trinajstić information content (AvgIpc) is 2.74. The SMILES string of the molecule is CCCCCCOc1c(Cl)cc(C=C(C#N)C(=O)Nc2ccccc2)cc1OCC. The summed E-state index contributed by atoms with van der Waals surface area (Å²) in [6, 6.07) is 14.3. The lowest BCUT2D eigenvalue weighted by Gasteiger charge is -2.14. The molecule has 5 nitrogen and oxygen atoms in total. The zero-order valence-electron chi connectivity index (χ0n) is 17.4. The zero-order chi connectivity index (χ0) is 21.8. The fourth-order valence-corrected chi connectivity index (χ4v) is 3.09. The topological polar surface area (TPSA) is 71.3 Å². The Hall–Kier alpha value is -2.97. The van der Waals surface area contributed by atoms with E-state index in [9.17, 15) is 10.1 Å². The molecular formula is C24H27ClN2O3. The molecule has 0 unspecified atom stereocenters. The molecule has 0 atom stereocenters. The Bertz CT molecular complexity index is 905. The molecular weight excluding hydrogens is 400 g/mol. The fourth-order valence-electron chi connectivity index (χ4n) is 2.81. The Balaban J connectivity index is 2.20. The Kier molecular flexibility index (Phi) is 9.76. The van der Waals surface area contributed by atoms with Crippen LogP contribution < -0.4 is 14.8 Å². The van der Waals surface area contributed by atoms with Crippen molar-refractivity contribution in [3.8, 4) is 17.6 Å². The van der Waals surface area contributed by atoms with E-state index in [1.807, 2.05) is 19.1 Å². The normalized spacial score (nSPS) is 10.9. The van der Waals surface area contributed by atoms with Crippen LogP contribution >= 0.6 is 11.6 Å². The number of carbonyl (C=O) groups excluding carboxylic acids is 1. The summed E-state index contributed by atoms with van der Waals surface area (Å²) in [5.74, 6) is 0.487. The molecule has 0 aliphatic rings. The fraction of sp³-hybridized carbons (Fsp3) is 0.333. The molecule has 0 heterocycles. The van der Waals surface area contributed by atoms with Gasteiger partial charge in [-0.3, -0.25) is 4.79 Å². The molecule has 0 bridgehead atoms. The number of para-hydroxylation sites is 1. The third-order valence-corrected chi connectivity index (χ3v) is 4.56. The van der Waals surface area contributed by atoms with Crippen molar-refractivity contribution in [1.82, 2.24) is 0 Å². The number of ether oxygens (including phenoxy) is 2. The van der Waals surface area contributed by atoms with Gasteiger partial charge in [0.05, 0.1) is 18.2 Å². The van der Waals surface area contributed by atoms with E-state index in [1.165, 1.54) is 12.5 Å². The summed E-state index contributed by atoms with van der Waals surface area (Å²) < 4.78 is 11.5. The van der Waals surface area contributed by atoms with Gasteiger partial charge in [0.25, 0.3) is 5.91 Å².